The fourth-order valence-electron chi connectivity index (χ4n) is 2.90. The van der Waals surface area contributed by atoms with Gasteiger partial charge in [0, 0.05) is 23.2 Å². The van der Waals surface area contributed by atoms with E-state index in [-0.39, 0.29) is 24.6 Å². The van der Waals surface area contributed by atoms with Crippen LogP contribution in [0.3, 0.4) is 0 Å². The van der Waals surface area contributed by atoms with E-state index in [1.165, 1.54) is 23.5 Å². The first kappa shape index (κ1) is 21.7. The third-order valence-electron chi connectivity index (χ3n) is 4.56. The summed E-state index contributed by atoms with van der Waals surface area (Å²) in [7, 11) is 0. The quantitative estimate of drug-likeness (QED) is 0.444. The molecule has 32 heavy (non-hydrogen) atoms. The molecule has 2 N–H and O–H groups in total. The number of rotatable bonds is 6. The first-order valence-electron chi connectivity index (χ1n) is 9.69. The Hall–Kier alpha value is -3.56. The molecule has 0 saturated carbocycles. The van der Waals surface area contributed by atoms with Crippen LogP contribution in [0.15, 0.2) is 59.4 Å². The molecule has 4 aromatic rings. The summed E-state index contributed by atoms with van der Waals surface area (Å²) in [5, 5.41) is 10.6. The van der Waals surface area contributed by atoms with Gasteiger partial charge in [-0.1, -0.05) is 40.6 Å². The van der Waals surface area contributed by atoms with Gasteiger partial charge in [0.2, 0.25) is 5.91 Å². The van der Waals surface area contributed by atoms with Gasteiger partial charge in [0.25, 0.3) is 11.5 Å². The zero-order valence-electron chi connectivity index (χ0n) is 17.0. The van der Waals surface area contributed by atoms with Gasteiger partial charge in [0.05, 0.1) is 16.8 Å². The average Bonchev–Trinajstić information content (AvgIpc) is 3.15. The second-order valence-corrected chi connectivity index (χ2v) is 8.50. The molecule has 162 valence electrons. The predicted octanol–water partition coefficient (Wildman–Crippen LogP) is 4.10. The molecule has 8 nitrogen and oxygen atoms in total. The highest BCUT2D eigenvalue weighted by molar-refractivity contribution is 7.22. The zero-order valence-corrected chi connectivity index (χ0v) is 18.5. The Kier molecular flexibility index (Phi) is 6.29. The number of carbonyl (C=O) groups is 2. The van der Waals surface area contributed by atoms with E-state index < -0.39 is 11.5 Å². The fraction of sp³-hybridized carbons (Fsp3) is 0.136. The highest BCUT2D eigenvalue weighted by atomic mass is 35.5. The molecule has 0 saturated heterocycles. The van der Waals surface area contributed by atoms with E-state index in [0.29, 0.717) is 15.8 Å². The van der Waals surface area contributed by atoms with Crippen molar-refractivity contribution in [3.63, 3.8) is 0 Å². The van der Waals surface area contributed by atoms with Crippen LogP contribution in [0.5, 0.6) is 0 Å². The Morgan fingerprint density at radius 1 is 1.06 bits per heavy atom. The monoisotopic (exact) mass is 467 g/mol. The van der Waals surface area contributed by atoms with E-state index in [2.05, 4.69) is 20.7 Å². The van der Waals surface area contributed by atoms with Crippen LogP contribution in [-0.4, -0.2) is 26.6 Å². The highest BCUT2D eigenvalue weighted by Gasteiger charge is 2.12. The second-order valence-electron chi connectivity index (χ2n) is 7.03. The van der Waals surface area contributed by atoms with Gasteiger partial charge in [0.15, 0.2) is 5.13 Å². The molecule has 10 heteroatoms. The summed E-state index contributed by atoms with van der Waals surface area (Å²) in [5.74, 6) is -0.765. The van der Waals surface area contributed by atoms with Crippen LogP contribution in [0.2, 0.25) is 5.02 Å². The topological polar surface area (TPSA) is 106 Å². The second kappa shape index (κ2) is 9.29. The average molecular weight is 468 g/mol. The summed E-state index contributed by atoms with van der Waals surface area (Å²) in [4.78, 5) is 41.3. The molecular formula is C22H18ClN5O3S. The van der Waals surface area contributed by atoms with Gasteiger partial charge in [-0.05, 0) is 43.3 Å². The molecule has 2 aromatic heterocycles. The van der Waals surface area contributed by atoms with Crippen LogP contribution in [0.4, 0.5) is 10.8 Å². The van der Waals surface area contributed by atoms with Crippen molar-refractivity contribution in [1.82, 2.24) is 14.8 Å². The minimum absolute atomic E-state index is 0.00732. The molecule has 2 heterocycles. The Bertz CT molecular complexity index is 1360. The lowest BCUT2D eigenvalue weighted by molar-refractivity contribution is -0.116. The number of halogens is 1. The maximum Gasteiger partial charge on any atom is 0.276 e. The van der Waals surface area contributed by atoms with Crippen molar-refractivity contribution in [3.05, 3.63) is 81.2 Å². The van der Waals surface area contributed by atoms with Crippen LogP contribution >= 0.6 is 22.9 Å². The molecule has 0 spiro atoms. The number of hydrogen-bond acceptors (Lipinski definition) is 6. The van der Waals surface area contributed by atoms with Gasteiger partial charge in [-0.2, -0.15) is 5.10 Å². The molecular weight excluding hydrogens is 450 g/mol. The number of fused-ring (bicyclic) bond motifs is 1. The third kappa shape index (κ3) is 5.19. The molecule has 0 fully saturated rings. The number of aromatic nitrogens is 3. The summed E-state index contributed by atoms with van der Waals surface area (Å²) in [6.07, 6.45) is -0.00732. The summed E-state index contributed by atoms with van der Waals surface area (Å²) in [5.41, 5.74) is 2.10. The van der Waals surface area contributed by atoms with Crippen molar-refractivity contribution in [3.8, 4) is 0 Å². The number of hydrogen-bond donors (Lipinski definition) is 2. The number of anilines is 2. The van der Waals surface area contributed by atoms with Crippen molar-refractivity contribution in [2.24, 2.45) is 0 Å². The number of nitrogens with zero attached hydrogens (tertiary/aromatic N) is 3. The van der Waals surface area contributed by atoms with Crippen LogP contribution in [0, 0.1) is 6.92 Å². The molecule has 0 aliphatic rings. The first-order chi connectivity index (χ1) is 15.4. The number of amides is 2. The van der Waals surface area contributed by atoms with Gasteiger partial charge in [-0.3, -0.25) is 14.4 Å². The van der Waals surface area contributed by atoms with E-state index >= 15 is 0 Å². The van der Waals surface area contributed by atoms with Gasteiger partial charge in [-0.15, -0.1) is 0 Å². The van der Waals surface area contributed by atoms with Crippen LogP contribution < -0.4 is 16.2 Å². The van der Waals surface area contributed by atoms with Crippen LogP contribution in [0.25, 0.3) is 10.2 Å². The SMILES string of the molecule is Cc1ccc(NC(=O)c2ccc(=O)n(CCC(=O)Nc3nc4ccc(Cl)cc4s3)n2)cc1. The lowest BCUT2D eigenvalue weighted by atomic mass is 10.2. The van der Waals surface area contributed by atoms with Gasteiger partial charge >= 0.3 is 0 Å². The molecule has 0 aliphatic heterocycles. The van der Waals surface area contributed by atoms with E-state index in [4.69, 9.17) is 11.6 Å². The Balaban J connectivity index is 1.39. The van der Waals surface area contributed by atoms with E-state index in [9.17, 15) is 14.4 Å². The molecule has 2 aromatic carbocycles. The molecule has 0 unspecified atom stereocenters. The Morgan fingerprint density at radius 2 is 1.84 bits per heavy atom. The van der Waals surface area contributed by atoms with Crippen molar-refractivity contribution in [2.75, 3.05) is 10.6 Å². The minimum atomic E-state index is -0.444. The summed E-state index contributed by atoms with van der Waals surface area (Å²) < 4.78 is 1.96. The van der Waals surface area contributed by atoms with Crippen LogP contribution in [0.1, 0.15) is 22.5 Å². The lowest BCUT2D eigenvalue weighted by Crippen LogP contribution is -2.28. The number of nitrogens with one attached hydrogen (secondary N) is 2. The standard InChI is InChI=1S/C22H18ClN5O3S/c1-13-2-5-15(6-3-13)24-21(31)17-8-9-20(30)28(27-17)11-10-19(29)26-22-25-16-7-4-14(23)12-18(16)32-22/h2-9,12H,10-11H2,1H3,(H,24,31)(H,25,26,29). The summed E-state index contributed by atoms with van der Waals surface area (Å²) in [6.45, 7) is 1.97. The van der Waals surface area contributed by atoms with Crippen molar-refractivity contribution in [2.45, 2.75) is 19.9 Å². The Morgan fingerprint density at radius 3 is 2.62 bits per heavy atom. The molecule has 0 radical (unpaired) electrons. The maximum absolute atomic E-state index is 12.5. The van der Waals surface area contributed by atoms with E-state index in [0.717, 1.165) is 20.5 Å². The third-order valence-corrected chi connectivity index (χ3v) is 5.72. The van der Waals surface area contributed by atoms with Gasteiger partial charge in [-0.25, -0.2) is 9.67 Å². The number of thiazole rings is 1. The molecule has 0 bridgehead atoms. The van der Waals surface area contributed by atoms with Gasteiger partial charge in [0.1, 0.15) is 5.69 Å². The molecule has 0 aliphatic carbocycles. The smallest absolute Gasteiger partial charge is 0.276 e. The van der Waals surface area contributed by atoms with E-state index in [1.54, 1.807) is 30.3 Å². The highest BCUT2D eigenvalue weighted by Crippen LogP contribution is 2.28. The number of carbonyl (C=O) groups excluding carboxylic acids is 2. The predicted molar refractivity (Wildman–Crippen MR) is 126 cm³/mol. The minimum Gasteiger partial charge on any atom is -0.321 e. The largest absolute Gasteiger partial charge is 0.321 e. The normalized spacial score (nSPS) is 10.8. The number of benzene rings is 2. The molecule has 2 amide bonds. The fourth-order valence-corrected chi connectivity index (χ4v) is 4.06. The van der Waals surface area contributed by atoms with E-state index in [1.807, 2.05) is 19.1 Å². The van der Waals surface area contributed by atoms with Crippen LogP contribution in [-0.2, 0) is 11.3 Å². The Labute approximate surface area is 191 Å². The van der Waals surface area contributed by atoms with Crippen molar-refractivity contribution in [1.29, 1.82) is 0 Å². The van der Waals surface area contributed by atoms with Crippen molar-refractivity contribution >= 4 is 55.8 Å². The first-order valence-corrected chi connectivity index (χ1v) is 10.9. The maximum atomic E-state index is 12.5. The summed E-state index contributed by atoms with van der Waals surface area (Å²) in [6, 6.07) is 15.2. The molecule has 4 rings (SSSR count). The van der Waals surface area contributed by atoms with Gasteiger partial charge < -0.3 is 10.6 Å². The molecule has 0 atom stereocenters. The lowest BCUT2D eigenvalue weighted by Gasteiger charge is -2.08. The number of aryl methyl sites for hydroxylation is 2. The summed E-state index contributed by atoms with van der Waals surface area (Å²) >= 11 is 7.28. The zero-order chi connectivity index (χ0) is 22.7. The van der Waals surface area contributed by atoms with Crippen molar-refractivity contribution < 1.29 is 9.59 Å².